The third-order valence-electron chi connectivity index (χ3n) is 4.06. The minimum atomic E-state index is -0.530. The van der Waals surface area contributed by atoms with Gasteiger partial charge in [-0.05, 0) is 30.3 Å². The molecule has 1 N–H and O–H groups in total. The van der Waals surface area contributed by atoms with Crippen molar-refractivity contribution in [3.05, 3.63) is 83.7 Å². The number of nitrogens with zero attached hydrogens (tertiary/aromatic N) is 4. The van der Waals surface area contributed by atoms with Gasteiger partial charge in [0.2, 0.25) is 5.91 Å². The molecule has 4 aromatic rings. The number of carbonyl (C=O) groups excluding carboxylic acids is 1. The number of fused-ring (bicyclic) bond motifs is 1. The number of imidazole rings is 1. The zero-order chi connectivity index (χ0) is 18.8. The van der Waals surface area contributed by atoms with E-state index in [4.69, 9.17) is 0 Å². The first-order chi connectivity index (χ1) is 13.1. The molecule has 8 heteroatoms. The van der Waals surface area contributed by atoms with Gasteiger partial charge in [0, 0.05) is 12.4 Å². The fraction of sp³-hybridized carbons (Fsp3) is 0.0526. The van der Waals surface area contributed by atoms with Crippen LogP contribution < -0.4 is 10.9 Å². The van der Waals surface area contributed by atoms with Gasteiger partial charge in [0.25, 0.3) is 5.56 Å². The van der Waals surface area contributed by atoms with Crippen LogP contribution in [0.3, 0.4) is 0 Å². The second-order valence-corrected chi connectivity index (χ2v) is 5.87. The zero-order valence-corrected chi connectivity index (χ0v) is 14.0. The van der Waals surface area contributed by atoms with Crippen LogP contribution in [0.4, 0.5) is 10.1 Å². The van der Waals surface area contributed by atoms with E-state index in [1.165, 1.54) is 18.5 Å². The van der Waals surface area contributed by atoms with Gasteiger partial charge in [0.05, 0.1) is 34.9 Å². The lowest BCUT2D eigenvalue weighted by Crippen LogP contribution is -2.28. The number of aromatic nitrogens is 4. The van der Waals surface area contributed by atoms with Crippen molar-refractivity contribution < 1.29 is 9.18 Å². The first kappa shape index (κ1) is 16.6. The molecular formula is C19H14FN5O2. The number of halogens is 1. The van der Waals surface area contributed by atoms with E-state index in [2.05, 4.69) is 15.3 Å². The summed E-state index contributed by atoms with van der Waals surface area (Å²) in [5.74, 6) is -0.930. The Morgan fingerprint density at radius 1 is 1.15 bits per heavy atom. The monoisotopic (exact) mass is 363 g/mol. The Morgan fingerprint density at radius 2 is 2.00 bits per heavy atom. The van der Waals surface area contributed by atoms with Gasteiger partial charge < -0.3 is 9.88 Å². The number of para-hydroxylation sites is 2. The molecule has 0 aliphatic heterocycles. The Labute approximate surface area is 152 Å². The molecule has 0 radical (unpaired) electrons. The second kappa shape index (κ2) is 6.83. The molecule has 0 fully saturated rings. The second-order valence-electron chi connectivity index (χ2n) is 5.87. The zero-order valence-electron chi connectivity index (χ0n) is 14.0. The van der Waals surface area contributed by atoms with Crippen LogP contribution in [0.25, 0.3) is 16.6 Å². The highest BCUT2D eigenvalue weighted by atomic mass is 19.1. The van der Waals surface area contributed by atoms with Gasteiger partial charge in [-0.3, -0.25) is 14.2 Å². The molecule has 0 unspecified atom stereocenters. The van der Waals surface area contributed by atoms with E-state index in [-0.39, 0.29) is 11.9 Å². The third kappa shape index (κ3) is 3.32. The number of carbonyl (C=O) groups is 1. The molecule has 2 aromatic heterocycles. The van der Waals surface area contributed by atoms with Crippen LogP contribution in [0.2, 0.25) is 0 Å². The number of rotatable bonds is 4. The van der Waals surface area contributed by atoms with Gasteiger partial charge in [-0.1, -0.05) is 12.1 Å². The number of nitrogens with one attached hydrogen (secondary N) is 1. The van der Waals surface area contributed by atoms with E-state index in [1.807, 2.05) is 12.1 Å². The highest BCUT2D eigenvalue weighted by Crippen LogP contribution is 2.19. The molecule has 0 atom stereocenters. The quantitative estimate of drug-likeness (QED) is 0.603. The molecule has 0 spiro atoms. The van der Waals surface area contributed by atoms with Crippen LogP contribution in [0.5, 0.6) is 0 Å². The van der Waals surface area contributed by atoms with Gasteiger partial charge >= 0.3 is 0 Å². The van der Waals surface area contributed by atoms with Crippen LogP contribution in [-0.2, 0) is 11.3 Å². The van der Waals surface area contributed by atoms with Crippen molar-refractivity contribution in [3.63, 3.8) is 0 Å². The molecule has 0 saturated heterocycles. The van der Waals surface area contributed by atoms with Crippen molar-refractivity contribution in [1.29, 1.82) is 0 Å². The number of benzene rings is 2. The Morgan fingerprint density at radius 3 is 2.81 bits per heavy atom. The maximum absolute atomic E-state index is 13.4. The maximum atomic E-state index is 13.4. The van der Waals surface area contributed by atoms with Gasteiger partial charge in [-0.25, -0.2) is 14.4 Å². The Bertz CT molecular complexity index is 1180. The Kier molecular flexibility index (Phi) is 4.21. The van der Waals surface area contributed by atoms with Crippen LogP contribution in [0, 0.1) is 5.82 Å². The van der Waals surface area contributed by atoms with Gasteiger partial charge in [0.1, 0.15) is 12.4 Å². The molecule has 0 saturated carbocycles. The summed E-state index contributed by atoms with van der Waals surface area (Å²) in [6, 6.07) is 11.0. The largest absolute Gasteiger partial charge is 0.323 e. The van der Waals surface area contributed by atoms with E-state index >= 15 is 0 Å². The van der Waals surface area contributed by atoms with Crippen LogP contribution in [-0.4, -0.2) is 25.0 Å². The molecule has 1 amide bonds. The SMILES string of the molecule is O=C(Cn1cnc2ccc(F)cc2c1=O)Nc1ccccc1-n1ccnc1. The smallest absolute Gasteiger partial charge is 0.261 e. The van der Waals surface area contributed by atoms with Crippen molar-refractivity contribution in [2.45, 2.75) is 6.54 Å². The first-order valence-corrected chi connectivity index (χ1v) is 8.14. The van der Waals surface area contributed by atoms with E-state index < -0.39 is 17.3 Å². The topological polar surface area (TPSA) is 81.8 Å². The van der Waals surface area contributed by atoms with E-state index in [1.54, 1.807) is 35.4 Å². The predicted molar refractivity (Wildman–Crippen MR) is 98.2 cm³/mol. The van der Waals surface area contributed by atoms with Crippen molar-refractivity contribution in [1.82, 2.24) is 19.1 Å². The van der Waals surface area contributed by atoms with E-state index in [0.29, 0.717) is 11.2 Å². The molecule has 2 heterocycles. The van der Waals surface area contributed by atoms with Crippen LogP contribution in [0.15, 0.2) is 72.3 Å². The van der Waals surface area contributed by atoms with E-state index in [9.17, 15) is 14.0 Å². The van der Waals surface area contributed by atoms with Crippen LogP contribution in [0.1, 0.15) is 0 Å². The van der Waals surface area contributed by atoms with Crippen molar-refractivity contribution in [2.75, 3.05) is 5.32 Å². The number of anilines is 1. The molecule has 2 aromatic carbocycles. The minimum Gasteiger partial charge on any atom is -0.323 e. The highest BCUT2D eigenvalue weighted by molar-refractivity contribution is 5.92. The molecule has 0 aliphatic rings. The summed E-state index contributed by atoms with van der Waals surface area (Å²) in [6.45, 7) is -0.240. The lowest BCUT2D eigenvalue weighted by molar-refractivity contribution is -0.116. The molecular weight excluding hydrogens is 349 g/mol. The normalized spacial score (nSPS) is 10.9. The van der Waals surface area contributed by atoms with Crippen LogP contribution >= 0.6 is 0 Å². The molecule has 27 heavy (non-hydrogen) atoms. The van der Waals surface area contributed by atoms with Crippen molar-refractivity contribution in [2.24, 2.45) is 0 Å². The summed E-state index contributed by atoms with van der Waals surface area (Å²) in [7, 11) is 0. The minimum absolute atomic E-state index is 0.129. The fourth-order valence-corrected chi connectivity index (χ4v) is 2.79. The summed E-state index contributed by atoms with van der Waals surface area (Å²) in [5, 5.41) is 2.91. The highest BCUT2D eigenvalue weighted by Gasteiger charge is 2.11. The maximum Gasteiger partial charge on any atom is 0.261 e. The van der Waals surface area contributed by atoms with Crippen molar-refractivity contribution in [3.8, 4) is 5.69 Å². The molecule has 0 bridgehead atoms. The molecule has 4 rings (SSSR count). The fourth-order valence-electron chi connectivity index (χ4n) is 2.79. The summed E-state index contributed by atoms with van der Waals surface area (Å²) in [6.07, 6.45) is 6.30. The molecule has 134 valence electrons. The lowest BCUT2D eigenvalue weighted by Gasteiger charge is -2.12. The average Bonchev–Trinajstić information content (AvgIpc) is 3.19. The number of hydrogen-bond donors (Lipinski definition) is 1. The summed E-state index contributed by atoms with van der Waals surface area (Å²) >= 11 is 0. The van der Waals surface area contributed by atoms with Gasteiger partial charge in [-0.15, -0.1) is 0 Å². The average molecular weight is 363 g/mol. The van der Waals surface area contributed by atoms with E-state index in [0.717, 1.165) is 16.3 Å². The van der Waals surface area contributed by atoms with Gasteiger partial charge in [-0.2, -0.15) is 0 Å². The Hall–Kier alpha value is -3.81. The molecule has 0 aliphatic carbocycles. The van der Waals surface area contributed by atoms with Gasteiger partial charge in [0.15, 0.2) is 0 Å². The predicted octanol–water partition coefficient (Wildman–Crippen LogP) is 2.36. The summed E-state index contributed by atoms with van der Waals surface area (Å²) in [5.41, 5.74) is 1.23. The lowest BCUT2D eigenvalue weighted by atomic mass is 10.2. The number of hydrogen-bond acceptors (Lipinski definition) is 4. The third-order valence-corrected chi connectivity index (χ3v) is 4.06. The first-order valence-electron chi connectivity index (χ1n) is 8.14. The summed E-state index contributed by atoms with van der Waals surface area (Å²) < 4.78 is 16.3. The summed E-state index contributed by atoms with van der Waals surface area (Å²) in [4.78, 5) is 33.1. The Balaban J connectivity index is 1.60. The van der Waals surface area contributed by atoms with Crippen molar-refractivity contribution >= 4 is 22.5 Å². The standard InChI is InChI=1S/C19H14FN5O2/c20-13-5-6-15-14(9-13)19(27)25(12-22-15)10-18(26)23-16-3-1-2-4-17(16)24-8-7-21-11-24/h1-9,11-12H,10H2,(H,23,26). The molecule has 7 nitrogen and oxygen atoms in total. The number of amides is 1.